The molecule has 1 aliphatic rings. The van der Waals surface area contributed by atoms with Gasteiger partial charge >= 0.3 is 0 Å². The summed E-state index contributed by atoms with van der Waals surface area (Å²) in [6, 6.07) is 0.473. The van der Waals surface area contributed by atoms with Crippen LogP contribution in [0.25, 0.3) is 0 Å². The van der Waals surface area contributed by atoms with Crippen LogP contribution in [0, 0.1) is 5.92 Å². The standard InChI is InChI=1S/C11H21NO/c1-8-9(2)12(11(3,4)5)7-6-10(8)13/h8-9H,6-7H2,1-5H3/p+1/t8-,9+/m0/s1. The van der Waals surface area contributed by atoms with Gasteiger partial charge in [-0.2, -0.15) is 0 Å². The Labute approximate surface area is 81.3 Å². The van der Waals surface area contributed by atoms with Crippen molar-refractivity contribution in [1.29, 1.82) is 0 Å². The van der Waals surface area contributed by atoms with Crippen molar-refractivity contribution >= 4 is 5.78 Å². The number of hydrogen-bond donors (Lipinski definition) is 1. The fourth-order valence-electron chi connectivity index (χ4n) is 2.35. The van der Waals surface area contributed by atoms with Crippen molar-refractivity contribution in [2.75, 3.05) is 6.54 Å². The van der Waals surface area contributed by atoms with Gasteiger partial charge in [0.25, 0.3) is 0 Å². The van der Waals surface area contributed by atoms with Gasteiger partial charge in [-0.25, -0.2) is 0 Å². The van der Waals surface area contributed by atoms with Gasteiger partial charge in [0.15, 0.2) is 0 Å². The SMILES string of the molecule is C[C@@H]1C(=O)CC[NH+](C(C)(C)C)[C@@H]1C. The van der Waals surface area contributed by atoms with Gasteiger partial charge in [-0.3, -0.25) is 4.79 Å². The van der Waals surface area contributed by atoms with Crippen molar-refractivity contribution in [1.82, 2.24) is 0 Å². The molecule has 0 spiro atoms. The highest BCUT2D eigenvalue weighted by atomic mass is 16.1. The topological polar surface area (TPSA) is 21.5 Å². The van der Waals surface area contributed by atoms with Crippen molar-refractivity contribution in [2.24, 2.45) is 5.92 Å². The summed E-state index contributed by atoms with van der Waals surface area (Å²) in [7, 11) is 0. The number of carbonyl (C=O) groups excluding carboxylic acids is 1. The summed E-state index contributed by atoms with van der Waals surface area (Å²) in [4.78, 5) is 13.0. The third kappa shape index (κ3) is 2.11. The molecule has 0 amide bonds. The molecule has 1 N–H and O–H groups in total. The van der Waals surface area contributed by atoms with Crippen LogP contribution in [0.2, 0.25) is 0 Å². The maximum atomic E-state index is 11.5. The van der Waals surface area contributed by atoms with Gasteiger partial charge in [0.05, 0.1) is 30.5 Å². The van der Waals surface area contributed by atoms with E-state index in [4.69, 9.17) is 0 Å². The van der Waals surface area contributed by atoms with Crippen molar-refractivity contribution < 1.29 is 9.69 Å². The zero-order chi connectivity index (χ0) is 10.2. The number of rotatable bonds is 0. The molecule has 0 radical (unpaired) electrons. The number of piperidine rings is 1. The average Bonchev–Trinajstić information content (AvgIpc) is 1.98. The van der Waals surface area contributed by atoms with E-state index in [1.165, 1.54) is 0 Å². The summed E-state index contributed by atoms with van der Waals surface area (Å²) in [6.45, 7) is 12.0. The molecular formula is C11H22NO+. The second-order valence-electron chi connectivity index (χ2n) is 5.32. The minimum Gasteiger partial charge on any atom is -0.328 e. The lowest BCUT2D eigenvalue weighted by molar-refractivity contribution is -0.972. The fraction of sp³-hybridized carbons (Fsp3) is 0.909. The van der Waals surface area contributed by atoms with Gasteiger partial charge in [-0.05, 0) is 34.6 Å². The van der Waals surface area contributed by atoms with E-state index in [1.807, 2.05) is 0 Å². The van der Waals surface area contributed by atoms with Gasteiger partial charge in [0.1, 0.15) is 5.78 Å². The molecule has 2 nitrogen and oxygen atoms in total. The van der Waals surface area contributed by atoms with E-state index in [2.05, 4.69) is 34.6 Å². The molecule has 13 heavy (non-hydrogen) atoms. The van der Waals surface area contributed by atoms with Crippen LogP contribution in [0.1, 0.15) is 41.0 Å². The van der Waals surface area contributed by atoms with E-state index in [0.717, 1.165) is 13.0 Å². The zero-order valence-corrected chi connectivity index (χ0v) is 9.48. The number of likely N-dealkylation sites (tertiary alicyclic amines) is 1. The van der Waals surface area contributed by atoms with Crippen LogP contribution in [-0.2, 0) is 4.79 Å². The maximum Gasteiger partial charge on any atom is 0.147 e. The minimum absolute atomic E-state index is 0.239. The summed E-state index contributed by atoms with van der Waals surface area (Å²) in [5, 5.41) is 0. The normalized spacial score (nSPS) is 36.4. The van der Waals surface area contributed by atoms with Crippen molar-refractivity contribution in [2.45, 2.75) is 52.6 Å². The van der Waals surface area contributed by atoms with Crippen molar-refractivity contribution in [3.63, 3.8) is 0 Å². The molecule has 1 aliphatic heterocycles. The molecule has 1 rings (SSSR count). The highest BCUT2D eigenvalue weighted by Crippen LogP contribution is 2.11. The first-order chi connectivity index (χ1) is 5.84. The molecule has 0 bridgehead atoms. The Bertz CT molecular complexity index is 205. The highest BCUT2D eigenvalue weighted by Gasteiger charge is 2.39. The van der Waals surface area contributed by atoms with E-state index in [9.17, 15) is 4.79 Å². The summed E-state index contributed by atoms with van der Waals surface area (Å²) < 4.78 is 0. The lowest BCUT2D eigenvalue weighted by atomic mass is 9.87. The van der Waals surface area contributed by atoms with Crippen LogP contribution in [0.5, 0.6) is 0 Å². The molecule has 1 unspecified atom stereocenters. The first-order valence-electron chi connectivity index (χ1n) is 5.23. The Hall–Kier alpha value is -0.370. The summed E-state index contributed by atoms with van der Waals surface area (Å²) >= 11 is 0. The number of nitrogens with one attached hydrogen (secondary N) is 1. The van der Waals surface area contributed by atoms with E-state index in [1.54, 1.807) is 4.90 Å². The van der Waals surface area contributed by atoms with Crippen molar-refractivity contribution in [3.8, 4) is 0 Å². The first-order valence-corrected chi connectivity index (χ1v) is 5.23. The second-order valence-corrected chi connectivity index (χ2v) is 5.32. The Morgan fingerprint density at radius 1 is 1.31 bits per heavy atom. The van der Waals surface area contributed by atoms with Gasteiger partial charge in [-0.1, -0.05) is 0 Å². The molecule has 1 heterocycles. The Balaban J connectivity index is 2.75. The van der Waals surface area contributed by atoms with Crippen LogP contribution in [0.3, 0.4) is 0 Å². The lowest BCUT2D eigenvalue weighted by Gasteiger charge is -2.42. The summed E-state index contributed by atoms with van der Waals surface area (Å²) in [6.07, 6.45) is 0.762. The third-order valence-corrected chi connectivity index (χ3v) is 3.41. The average molecular weight is 184 g/mol. The van der Waals surface area contributed by atoms with E-state index >= 15 is 0 Å². The number of carbonyl (C=O) groups is 1. The van der Waals surface area contributed by atoms with E-state index in [0.29, 0.717) is 11.8 Å². The molecular weight excluding hydrogens is 162 g/mol. The molecule has 0 saturated carbocycles. The van der Waals surface area contributed by atoms with Crippen LogP contribution in [0.4, 0.5) is 0 Å². The van der Waals surface area contributed by atoms with Crippen molar-refractivity contribution in [3.05, 3.63) is 0 Å². The van der Waals surface area contributed by atoms with E-state index < -0.39 is 0 Å². The lowest BCUT2D eigenvalue weighted by Crippen LogP contribution is -3.23. The predicted molar refractivity (Wildman–Crippen MR) is 53.8 cm³/mol. The Morgan fingerprint density at radius 3 is 2.31 bits per heavy atom. The molecule has 3 atom stereocenters. The Kier molecular flexibility index (Phi) is 2.81. The summed E-state index contributed by atoms with van der Waals surface area (Å²) in [5.41, 5.74) is 0.272. The number of Topliss-reactive ketones (excluding diaryl/α,β-unsaturated/α-hetero) is 1. The molecule has 0 aliphatic carbocycles. The molecule has 0 aromatic rings. The van der Waals surface area contributed by atoms with Crippen LogP contribution in [0.15, 0.2) is 0 Å². The molecule has 0 aromatic carbocycles. The van der Waals surface area contributed by atoms with Gasteiger partial charge in [0.2, 0.25) is 0 Å². The summed E-state index contributed by atoms with van der Waals surface area (Å²) in [5.74, 6) is 0.684. The quantitative estimate of drug-likeness (QED) is 0.587. The molecule has 1 saturated heterocycles. The fourth-order valence-corrected chi connectivity index (χ4v) is 2.35. The number of hydrogen-bond acceptors (Lipinski definition) is 1. The number of ketones is 1. The van der Waals surface area contributed by atoms with Gasteiger partial charge in [-0.15, -0.1) is 0 Å². The van der Waals surface area contributed by atoms with Gasteiger partial charge in [0, 0.05) is 0 Å². The molecule has 0 aromatic heterocycles. The molecule has 76 valence electrons. The highest BCUT2D eigenvalue weighted by molar-refractivity contribution is 5.81. The Morgan fingerprint density at radius 2 is 1.85 bits per heavy atom. The van der Waals surface area contributed by atoms with Gasteiger partial charge < -0.3 is 4.90 Å². The second kappa shape index (κ2) is 3.41. The van der Waals surface area contributed by atoms with Crippen LogP contribution >= 0.6 is 0 Å². The van der Waals surface area contributed by atoms with E-state index in [-0.39, 0.29) is 11.5 Å². The zero-order valence-electron chi connectivity index (χ0n) is 9.48. The third-order valence-electron chi connectivity index (χ3n) is 3.41. The number of quaternary nitrogens is 1. The predicted octanol–water partition coefficient (Wildman–Crippen LogP) is 0.667. The monoisotopic (exact) mass is 184 g/mol. The largest absolute Gasteiger partial charge is 0.328 e. The van der Waals surface area contributed by atoms with Crippen LogP contribution in [-0.4, -0.2) is 23.9 Å². The smallest absolute Gasteiger partial charge is 0.147 e. The molecule has 1 fully saturated rings. The first kappa shape index (κ1) is 10.7. The minimum atomic E-state index is 0.239. The maximum absolute atomic E-state index is 11.5. The van der Waals surface area contributed by atoms with Crippen LogP contribution < -0.4 is 4.90 Å². The molecule has 2 heteroatoms.